The molecule has 3 aromatic rings. The van der Waals surface area contributed by atoms with E-state index in [-0.39, 0.29) is 0 Å². The zero-order valence-electron chi connectivity index (χ0n) is 15.1. The van der Waals surface area contributed by atoms with Crippen LogP contribution in [0.5, 0.6) is 11.5 Å². The molecule has 2 aromatic carbocycles. The van der Waals surface area contributed by atoms with Crippen molar-refractivity contribution in [2.24, 2.45) is 0 Å². The molecule has 1 aromatic heterocycles. The van der Waals surface area contributed by atoms with E-state index < -0.39 is 0 Å². The van der Waals surface area contributed by atoms with E-state index in [1.165, 1.54) is 0 Å². The maximum atomic E-state index is 5.43. The maximum Gasteiger partial charge on any atom is 0.246 e. The largest absolute Gasteiger partial charge is 0.497 e. The highest BCUT2D eigenvalue weighted by Gasteiger charge is 2.09. The number of hydrogen-bond acceptors (Lipinski definition) is 6. The van der Waals surface area contributed by atoms with E-state index >= 15 is 0 Å². The van der Waals surface area contributed by atoms with Gasteiger partial charge in [-0.1, -0.05) is 5.16 Å². The summed E-state index contributed by atoms with van der Waals surface area (Å²) in [5, 5.41) is 10.6. The second kappa shape index (κ2) is 9.00. The summed E-state index contributed by atoms with van der Waals surface area (Å²) in [5.74, 6) is 2.55. The van der Waals surface area contributed by atoms with E-state index in [1.807, 2.05) is 55.5 Å². The van der Waals surface area contributed by atoms with Gasteiger partial charge in [0.15, 0.2) is 5.11 Å². The standard InChI is InChI=1S/C19H20N4O3S/c1-3-25-16-8-4-13(5-9-16)18-22-17(26-23-18)12-20-19(27)21-14-6-10-15(24-2)11-7-14/h4-11H,3,12H2,1-2H3,(H2,20,21,27). The Hall–Kier alpha value is -3.13. The first-order valence-corrected chi connectivity index (χ1v) is 8.83. The van der Waals surface area contributed by atoms with Gasteiger partial charge in [0.25, 0.3) is 0 Å². The average Bonchev–Trinajstić information content (AvgIpc) is 3.17. The number of rotatable bonds is 7. The van der Waals surface area contributed by atoms with Crippen molar-refractivity contribution in [2.45, 2.75) is 13.5 Å². The zero-order valence-corrected chi connectivity index (χ0v) is 15.9. The molecule has 0 fully saturated rings. The molecule has 7 nitrogen and oxygen atoms in total. The topological polar surface area (TPSA) is 81.4 Å². The number of thiocarbonyl (C=S) groups is 1. The molecule has 0 radical (unpaired) electrons. The predicted molar refractivity (Wildman–Crippen MR) is 107 cm³/mol. The van der Waals surface area contributed by atoms with Crippen molar-refractivity contribution in [3.8, 4) is 22.9 Å². The van der Waals surface area contributed by atoms with Crippen molar-refractivity contribution >= 4 is 23.0 Å². The minimum atomic E-state index is 0.325. The number of anilines is 1. The summed E-state index contributed by atoms with van der Waals surface area (Å²) in [6, 6.07) is 15.0. The van der Waals surface area contributed by atoms with Crippen LogP contribution in [0.3, 0.4) is 0 Å². The lowest BCUT2D eigenvalue weighted by Crippen LogP contribution is -2.27. The zero-order chi connectivity index (χ0) is 19.1. The Bertz CT molecular complexity index is 879. The molecule has 0 aliphatic rings. The van der Waals surface area contributed by atoms with Gasteiger partial charge in [-0.25, -0.2) is 0 Å². The summed E-state index contributed by atoms with van der Waals surface area (Å²) in [6.07, 6.45) is 0. The average molecular weight is 384 g/mol. The number of nitrogens with one attached hydrogen (secondary N) is 2. The monoisotopic (exact) mass is 384 g/mol. The highest BCUT2D eigenvalue weighted by molar-refractivity contribution is 7.80. The first kappa shape index (κ1) is 18.7. The van der Waals surface area contributed by atoms with E-state index in [2.05, 4.69) is 20.8 Å². The molecule has 0 saturated carbocycles. The summed E-state index contributed by atoms with van der Waals surface area (Å²) in [7, 11) is 1.63. The first-order chi connectivity index (χ1) is 13.2. The van der Waals surface area contributed by atoms with Crippen LogP contribution in [-0.4, -0.2) is 29.0 Å². The Kier molecular flexibility index (Phi) is 6.22. The minimum absolute atomic E-state index is 0.325. The van der Waals surface area contributed by atoms with Gasteiger partial charge in [0.05, 0.1) is 20.3 Å². The minimum Gasteiger partial charge on any atom is -0.497 e. The Morgan fingerprint density at radius 3 is 2.44 bits per heavy atom. The second-order valence-electron chi connectivity index (χ2n) is 5.51. The molecule has 0 unspecified atom stereocenters. The lowest BCUT2D eigenvalue weighted by Gasteiger charge is -2.09. The van der Waals surface area contributed by atoms with Crippen LogP contribution in [-0.2, 0) is 6.54 Å². The molecule has 0 bridgehead atoms. The Balaban J connectivity index is 1.53. The quantitative estimate of drug-likeness (QED) is 0.598. The van der Waals surface area contributed by atoms with Gasteiger partial charge in [0.2, 0.25) is 11.7 Å². The van der Waals surface area contributed by atoms with Crippen molar-refractivity contribution in [1.29, 1.82) is 0 Å². The molecule has 3 rings (SSSR count). The van der Waals surface area contributed by atoms with Crippen LogP contribution in [0.4, 0.5) is 5.69 Å². The lowest BCUT2D eigenvalue weighted by molar-refractivity contribution is 0.340. The molecule has 0 amide bonds. The Morgan fingerprint density at radius 2 is 1.78 bits per heavy atom. The van der Waals surface area contributed by atoms with Gasteiger partial charge < -0.3 is 24.6 Å². The fraction of sp³-hybridized carbons (Fsp3) is 0.211. The molecule has 1 heterocycles. The Labute approximate surface area is 162 Å². The third kappa shape index (κ3) is 5.18. The van der Waals surface area contributed by atoms with Crippen molar-refractivity contribution in [1.82, 2.24) is 15.5 Å². The van der Waals surface area contributed by atoms with Crippen LogP contribution < -0.4 is 20.1 Å². The van der Waals surface area contributed by atoms with Crippen LogP contribution in [0.2, 0.25) is 0 Å². The van der Waals surface area contributed by atoms with Gasteiger partial charge >= 0.3 is 0 Å². The predicted octanol–water partition coefficient (Wildman–Crippen LogP) is 3.63. The fourth-order valence-corrected chi connectivity index (χ4v) is 2.51. The normalized spacial score (nSPS) is 10.3. The van der Waals surface area contributed by atoms with Crippen LogP contribution in [0, 0.1) is 0 Å². The maximum absolute atomic E-state index is 5.43. The van der Waals surface area contributed by atoms with Crippen molar-refractivity contribution < 1.29 is 14.0 Å². The molecular formula is C19H20N4O3S. The third-order valence-electron chi connectivity index (χ3n) is 3.64. The van der Waals surface area contributed by atoms with Crippen molar-refractivity contribution in [2.75, 3.05) is 19.0 Å². The summed E-state index contributed by atoms with van der Waals surface area (Å²) < 4.78 is 15.8. The molecule has 140 valence electrons. The summed E-state index contributed by atoms with van der Waals surface area (Å²) >= 11 is 5.28. The van der Waals surface area contributed by atoms with E-state index in [0.717, 1.165) is 22.7 Å². The van der Waals surface area contributed by atoms with Crippen LogP contribution in [0.1, 0.15) is 12.8 Å². The molecule has 0 atom stereocenters. The molecule has 0 spiro atoms. The smallest absolute Gasteiger partial charge is 0.246 e. The van der Waals surface area contributed by atoms with Gasteiger partial charge in [-0.2, -0.15) is 4.98 Å². The molecule has 0 aliphatic heterocycles. The molecular weight excluding hydrogens is 364 g/mol. The van der Waals surface area contributed by atoms with Gasteiger partial charge in [-0.15, -0.1) is 0 Å². The second-order valence-corrected chi connectivity index (χ2v) is 5.91. The number of hydrogen-bond donors (Lipinski definition) is 2. The third-order valence-corrected chi connectivity index (χ3v) is 3.89. The van der Waals surface area contributed by atoms with E-state index in [9.17, 15) is 0 Å². The van der Waals surface area contributed by atoms with Crippen LogP contribution >= 0.6 is 12.2 Å². The highest BCUT2D eigenvalue weighted by Crippen LogP contribution is 2.20. The van der Waals surface area contributed by atoms with Gasteiger partial charge in [0.1, 0.15) is 11.5 Å². The van der Waals surface area contributed by atoms with Crippen molar-refractivity contribution in [3.63, 3.8) is 0 Å². The molecule has 8 heteroatoms. The molecule has 2 N–H and O–H groups in total. The number of aromatic nitrogens is 2. The number of methoxy groups -OCH3 is 1. The number of ether oxygens (including phenoxy) is 2. The summed E-state index contributed by atoms with van der Waals surface area (Å²) in [4.78, 5) is 4.37. The molecule has 0 saturated heterocycles. The van der Waals surface area contributed by atoms with Crippen LogP contribution in [0.25, 0.3) is 11.4 Å². The highest BCUT2D eigenvalue weighted by atomic mass is 32.1. The summed E-state index contributed by atoms with van der Waals surface area (Å²) in [5.41, 5.74) is 1.71. The SMILES string of the molecule is CCOc1ccc(-c2noc(CNC(=S)Nc3ccc(OC)cc3)n2)cc1. The molecule has 0 aliphatic carbocycles. The number of benzene rings is 2. The fourth-order valence-electron chi connectivity index (χ4n) is 2.32. The lowest BCUT2D eigenvalue weighted by atomic mass is 10.2. The summed E-state index contributed by atoms with van der Waals surface area (Å²) in [6.45, 7) is 2.90. The first-order valence-electron chi connectivity index (χ1n) is 8.42. The van der Waals surface area contributed by atoms with E-state index in [0.29, 0.717) is 30.0 Å². The van der Waals surface area contributed by atoms with Crippen molar-refractivity contribution in [3.05, 3.63) is 54.4 Å². The van der Waals surface area contributed by atoms with Gasteiger partial charge in [-0.3, -0.25) is 0 Å². The van der Waals surface area contributed by atoms with E-state index in [4.69, 9.17) is 26.2 Å². The van der Waals surface area contributed by atoms with E-state index in [1.54, 1.807) is 7.11 Å². The molecule has 27 heavy (non-hydrogen) atoms. The van der Waals surface area contributed by atoms with Crippen LogP contribution in [0.15, 0.2) is 53.1 Å². The van der Waals surface area contributed by atoms with Gasteiger partial charge in [0, 0.05) is 11.3 Å². The van der Waals surface area contributed by atoms with Gasteiger partial charge in [-0.05, 0) is 67.7 Å². The number of nitrogens with zero attached hydrogens (tertiary/aromatic N) is 2. The Morgan fingerprint density at radius 1 is 1.07 bits per heavy atom.